The number of unbranched alkanes of at least 4 members (excludes halogenated alkanes) is 1. The predicted octanol–water partition coefficient (Wildman–Crippen LogP) is 2.64. The fourth-order valence-electron chi connectivity index (χ4n) is 4.48. The number of fused-ring (bicyclic) bond motifs is 1. The van der Waals surface area contributed by atoms with Crippen LogP contribution in [0.3, 0.4) is 0 Å². The Morgan fingerprint density at radius 3 is 2.46 bits per heavy atom. The van der Waals surface area contributed by atoms with Crippen LogP contribution >= 0.6 is 0 Å². The van der Waals surface area contributed by atoms with Crippen molar-refractivity contribution in [1.29, 1.82) is 0 Å². The van der Waals surface area contributed by atoms with Gasteiger partial charge in [0.25, 0.3) is 0 Å². The monoisotopic (exact) mass is 617 g/mol. The molecule has 0 fully saturated rings. The number of nitrogens with zero attached hydrogens (tertiary/aromatic N) is 1. The molecule has 0 heterocycles. The Hall–Kier alpha value is -2.29. The summed E-state index contributed by atoms with van der Waals surface area (Å²) in [6.45, 7) is 4.08. The van der Waals surface area contributed by atoms with Gasteiger partial charge in [0.05, 0.1) is 6.04 Å². The zero-order valence-electron chi connectivity index (χ0n) is 22.4. The molecule has 0 bridgehead atoms. The first-order valence-corrected chi connectivity index (χ1v) is 15.5. The number of benzene rings is 3. The Balaban J connectivity index is 1.53. The maximum atomic E-state index is 13.7. The van der Waals surface area contributed by atoms with Crippen molar-refractivity contribution in [3.05, 3.63) is 72.0 Å². The number of carbonyl (C=O) groups is 1. The molecule has 39 heavy (non-hydrogen) atoms. The molecule has 0 aliphatic carbocycles. The van der Waals surface area contributed by atoms with Crippen LogP contribution in [0.2, 0.25) is 0 Å². The van der Waals surface area contributed by atoms with Crippen LogP contribution < -0.4 is 15.4 Å². The van der Waals surface area contributed by atoms with Crippen molar-refractivity contribution in [3.63, 3.8) is 0 Å². The molecular weight excluding hydrogens is 580 g/mol. The predicted molar refractivity (Wildman–Crippen MR) is 154 cm³/mol. The standard InChI is InChI=1S/C29H37AsFN3O4S/c1-20(2)18-34(39(37,38)25-12-13-27(31)26(30)17-25)24(19-35)9-5-6-14-33-29(36)28(32)16-21-10-11-22-7-3-4-8-23(22)15-21/h3-4,7-8,10-13,15,17,20,24,28,35H,5-6,9,14,16,18-19,32H2,1-2H3,(H,33,36)/t24?,28-/m0/s1. The number of aliphatic hydroxyl groups is 1. The van der Waals surface area contributed by atoms with E-state index in [1.165, 1.54) is 16.4 Å². The van der Waals surface area contributed by atoms with Crippen LogP contribution in [0.1, 0.15) is 38.7 Å². The Bertz CT molecular complexity index is 1370. The molecule has 0 aromatic heterocycles. The second-order valence-corrected chi connectivity index (χ2v) is 13.1. The normalized spacial score (nSPS) is 13.6. The molecule has 0 spiro atoms. The van der Waals surface area contributed by atoms with Gasteiger partial charge in [0.2, 0.25) is 0 Å². The van der Waals surface area contributed by atoms with E-state index in [0.29, 0.717) is 32.2 Å². The van der Waals surface area contributed by atoms with Gasteiger partial charge < -0.3 is 5.73 Å². The van der Waals surface area contributed by atoms with Crippen LogP contribution in [0.4, 0.5) is 4.39 Å². The van der Waals surface area contributed by atoms with Gasteiger partial charge in [-0.15, -0.1) is 0 Å². The van der Waals surface area contributed by atoms with Gasteiger partial charge in [-0.3, -0.25) is 4.79 Å². The number of halogens is 1. The van der Waals surface area contributed by atoms with E-state index in [1.807, 2.05) is 73.2 Å². The third-order valence-corrected chi connectivity index (χ3v) is 9.19. The zero-order chi connectivity index (χ0) is 28.6. The van der Waals surface area contributed by atoms with Gasteiger partial charge in [0.15, 0.2) is 0 Å². The third-order valence-electron chi connectivity index (χ3n) is 6.56. The summed E-state index contributed by atoms with van der Waals surface area (Å²) in [6, 6.07) is 16.4. The number of sulfonamides is 1. The number of hydrogen-bond acceptors (Lipinski definition) is 5. The van der Waals surface area contributed by atoms with Crippen LogP contribution in [0.5, 0.6) is 0 Å². The molecule has 0 saturated carbocycles. The molecule has 2 atom stereocenters. The minimum atomic E-state index is -3.95. The first kappa shape index (κ1) is 31.2. The fourth-order valence-corrected chi connectivity index (χ4v) is 6.95. The average Bonchev–Trinajstić information content (AvgIpc) is 2.90. The number of nitrogens with one attached hydrogen (secondary N) is 1. The molecule has 4 N–H and O–H groups in total. The molecule has 1 unspecified atom stereocenters. The van der Waals surface area contributed by atoms with Crippen molar-refractivity contribution in [2.45, 2.75) is 56.5 Å². The number of nitrogens with two attached hydrogens (primary N) is 1. The molecule has 3 aromatic carbocycles. The molecule has 3 rings (SSSR count). The Labute approximate surface area is 239 Å². The van der Waals surface area contributed by atoms with Crippen LogP contribution in [-0.4, -0.2) is 72.4 Å². The number of carbonyl (C=O) groups excluding carboxylic acids is 1. The zero-order valence-corrected chi connectivity index (χ0v) is 25.1. The van der Waals surface area contributed by atoms with Crippen LogP contribution in [-0.2, 0) is 21.2 Å². The summed E-state index contributed by atoms with van der Waals surface area (Å²) < 4.78 is 42.1. The van der Waals surface area contributed by atoms with Crippen molar-refractivity contribution < 1.29 is 22.7 Å². The molecule has 10 heteroatoms. The van der Waals surface area contributed by atoms with E-state index in [1.54, 1.807) is 0 Å². The average molecular weight is 618 g/mol. The summed E-state index contributed by atoms with van der Waals surface area (Å²) in [5.74, 6) is -0.715. The summed E-state index contributed by atoms with van der Waals surface area (Å²) in [5.41, 5.74) is 7.13. The van der Waals surface area contributed by atoms with Gasteiger partial charge in [0, 0.05) is 0 Å². The summed E-state index contributed by atoms with van der Waals surface area (Å²) in [5, 5.41) is 15.2. The van der Waals surface area contributed by atoms with Gasteiger partial charge in [-0.05, 0) is 22.8 Å². The first-order chi connectivity index (χ1) is 18.5. The fraction of sp³-hybridized carbons (Fsp3) is 0.414. The molecule has 3 aromatic rings. The summed E-state index contributed by atoms with van der Waals surface area (Å²) in [7, 11) is -3.95. The van der Waals surface area contributed by atoms with Crippen molar-refractivity contribution in [3.8, 4) is 0 Å². The van der Waals surface area contributed by atoms with E-state index < -0.39 is 27.9 Å². The topological polar surface area (TPSA) is 113 Å². The quantitative estimate of drug-likeness (QED) is 0.190. The summed E-state index contributed by atoms with van der Waals surface area (Å²) >= 11 is 2.03. The van der Waals surface area contributed by atoms with E-state index in [9.17, 15) is 22.7 Å². The second kappa shape index (κ2) is 14.4. The molecule has 0 aliphatic rings. The van der Waals surface area contributed by atoms with Gasteiger partial charge in [-0.1, -0.05) is 42.5 Å². The molecule has 0 saturated heterocycles. The molecule has 0 aliphatic heterocycles. The van der Waals surface area contributed by atoms with Gasteiger partial charge in [-0.2, -0.15) is 0 Å². The van der Waals surface area contributed by atoms with Crippen molar-refractivity contribution in [1.82, 2.24) is 9.62 Å². The van der Waals surface area contributed by atoms with Crippen LogP contribution in [0.25, 0.3) is 10.8 Å². The Morgan fingerprint density at radius 1 is 1.08 bits per heavy atom. The minimum absolute atomic E-state index is 0.00807. The van der Waals surface area contributed by atoms with Gasteiger partial charge in [-0.25, -0.2) is 0 Å². The summed E-state index contributed by atoms with van der Waals surface area (Å²) in [4.78, 5) is 12.5. The van der Waals surface area contributed by atoms with Crippen molar-refractivity contribution in [2.24, 2.45) is 11.7 Å². The molecule has 2 radical (unpaired) electrons. The molecule has 210 valence electrons. The molecule has 1 amide bonds. The Morgan fingerprint density at radius 2 is 1.79 bits per heavy atom. The van der Waals surface area contributed by atoms with Crippen molar-refractivity contribution >= 4 is 47.9 Å². The van der Waals surface area contributed by atoms with Crippen LogP contribution in [0.15, 0.2) is 65.6 Å². The van der Waals surface area contributed by atoms with Gasteiger partial charge >= 0.3 is 158 Å². The van der Waals surface area contributed by atoms with E-state index >= 15 is 0 Å². The van der Waals surface area contributed by atoms with E-state index in [4.69, 9.17) is 5.73 Å². The van der Waals surface area contributed by atoms with Gasteiger partial charge in [0.1, 0.15) is 0 Å². The van der Waals surface area contributed by atoms with E-state index in [-0.39, 0.29) is 34.2 Å². The third kappa shape index (κ3) is 8.59. The van der Waals surface area contributed by atoms with E-state index in [0.717, 1.165) is 22.4 Å². The van der Waals surface area contributed by atoms with Crippen molar-refractivity contribution in [2.75, 3.05) is 19.7 Å². The maximum absolute atomic E-state index is 13.7. The first-order valence-electron chi connectivity index (χ1n) is 13.1. The second-order valence-electron chi connectivity index (χ2n) is 10.2. The SMILES string of the molecule is CC(C)CN(C(CO)CCCCNC(=O)[C@@H](N)Cc1ccc2ccccc2c1)S(=O)(=O)c1ccc(F)c([As])c1. The Kier molecular flexibility index (Phi) is 11.5. The van der Waals surface area contributed by atoms with Crippen LogP contribution in [0, 0.1) is 11.7 Å². The van der Waals surface area contributed by atoms with E-state index in [2.05, 4.69) is 5.32 Å². The number of rotatable bonds is 14. The molecular formula is C29H37AsFN3O4S. The summed E-state index contributed by atoms with van der Waals surface area (Å²) in [6.07, 6.45) is 2.03. The number of aliphatic hydroxyl groups excluding tert-OH is 1. The molecule has 7 nitrogen and oxygen atoms in total. The number of amides is 1. The number of hydrogen-bond donors (Lipinski definition) is 3.